The summed E-state index contributed by atoms with van der Waals surface area (Å²) in [5.74, 6) is -0.974. The number of hydrogen-bond acceptors (Lipinski definition) is 2. The first-order valence-electron chi connectivity index (χ1n) is 5.84. The van der Waals surface area contributed by atoms with Gasteiger partial charge in [-0.1, -0.05) is 24.6 Å². The van der Waals surface area contributed by atoms with Crippen molar-refractivity contribution < 1.29 is 9.18 Å². The van der Waals surface area contributed by atoms with Gasteiger partial charge in [-0.2, -0.15) is 0 Å². The van der Waals surface area contributed by atoms with Crippen LogP contribution in [0.5, 0.6) is 0 Å². The van der Waals surface area contributed by atoms with Crippen LogP contribution in [0.3, 0.4) is 0 Å². The molecule has 0 radical (unpaired) electrons. The molecule has 3 unspecified atom stereocenters. The smallest absolute Gasteiger partial charge is 0.224 e. The van der Waals surface area contributed by atoms with Crippen LogP contribution < -0.4 is 11.1 Å². The Bertz CT molecular complexity index is 420. The van der Waals surface area contributed by atoms with Crippen LogP contribution in [0.25, 0.3) is 0 Å². The second-order valence-corrected chi connectivity index (χ2v) is 4.92. The molecule has 1 amide bonds. The number of rotatable bonds is 4. The van der Waals surface area contributed by atoms with Crippen molar-refractivity contribution in [2.45, 2.75) is 32.9 Å². The minimum atomic E-state index is -0.493. The standard InChI is InChI=1S/C13H18ClFN2O.ClH/c1-7(8(2)16)13(18)17-9(3)12-10(14)5-4-6-11(12)15;/h4-9H,16H2,1-3H3,(H,17,18);1H. The molecular weight excluding hydrogens is 290 g/mol. The number of nitrogens with two attached hydrogens (primary N) is 1. The molecule has 1 aromatic carbocycles. The topological polar surface area (TPSA) is 55.1 Å². The average Bonchev–Trinajstić information content (AvgIpc) is 2.27. The molecule has 19 heavy (non-hydrogen) atoms. The Hall–Kier alpha value is -0.840. The molecule has 0 aliphatic heterocycles. The lowest BCUT2D eigenvalue weighted by Gasteiger charge is -2.21. The van der Waals surface area contributed by atoms with E-state index in [1.165, 1.54) is 12.1 Å². The maximum Gasteiger partial charge on any atom is 0.224 e. The fourth-order valence-electron chi connectivity index (χ4n) is 1.58. The molecular formula is C13H19Cl2FN2O. The third-order valence-electron chi connectivity index (χ3n) is 2.99. The molecule has 3 N–H and O–H groups in total. The third kappa shape index (κ3) is 4.64. The van der Waals surface area contributed by atoms with Crippen LogP contribution in [0.15, 0.2) is 18.2 Å². The summed E-state index contributed by atoms with van der Waals surface area (Å²) in [6.07, 6.45) is 0. The van der Waals surface area contributed by atoms with Gasteiger partial charge in [-0.05, 0) is 26.0 Å². The van der Waals surface area contributed by atoms with Crippen LogP contribution in [0.4, 0.5) is 4.39 Å². The molecule has 0 fully saturated rings. The molecule has 3 nitrogen and oxygen atoms in total. The quantitative estimate of drug-likeness (QED) is 0.898. The molecule has 0 aliphatic carbocycles. The summed E-state index contributed by atoms with van der Waals surface area (Å²) in [7, 11) is 0. The first-order valence-corrected chi connectivity index (χ1v) is 6.22. The van der Waals surface area contributed by atoms with E-state index in [0.717, 1.165) is 0 Å². The molecule has 0 aliphatic rings. The minimum absolute atomic E-state index is 0. The van der Waals surface area contributed by atoms with E-state index in [9.17, 15) is 9.18 Å². The molecule has 1 rings (SSSR count). The molecule has 6 heteroatoms. The number of benzene rings is 1. The lowest BCUT2D eigenvalue weighted by Crippen LogP contribution is -2.39. The van der Waals surface area contributed by atoms with Crippen molar-refractivity contribution >= 4 is 29.9 Å². The second kappa shape index (κ2) is 7.68. The van der Waals surface area contributed by atoms with Crippen molar-refractivity contribution in [1.82, 2.24) is 5.32 Å². The minimum Gasteiger partial charge on any atom is -0.349 e. The van der Waals surface area contributed by atoms with Gasteiger partial charge in [-0.25, -0.2) is 4.39 Å². The molecule has 3 atom stereocenters. The van der Waals surface area contributed by atoms with Gasteiger partial charge >= 0.3 is 0 Å². The summed E-state index contributed by atoms with van der Waals surface area (Å²) in [4.78, 5) is 11.8. The summed E-state index contributed by atoms with van der Waals surface area (Å²) in [5.41, 5.74) is 5.95. The maximum absolute atomic E-state index is 13.7. The number of carbonyl (C=O) groups excluding carboxylic acids is 1. The van der Waals surface area contributed by atoms with E-state index in [1.807, 2.05) is 0 Å². The lowest BCUT2D eigenvalue weighted by molar-refractivity contribution is -0.125. The number of nitrogens with one attached hydrogen (secondary N) is 1. The van der Waals surface area contributed by atoms with Crippen LogP contribution in [-0.4, -0.2) is 11.9 Å². The Morgan fingerprint density at radius 3 is 2.42 bits per heavy atom. The summed E-state index contributed by atoms with van der Waals surface area (Å²) in [6, 6.07) is 3.69. The zero-order valence-electron chi connectivity index (χ0n) is 11.1. The van der Waals surface area contributed by atoms with E-state index in [-0.39, 0.29) is 30.3 Å². The van der Waals surface area contributed by atoms with Crippen molar-refractivity contribution in [2.24, 2.45) is 11.7 Å². The monoisotopic (exact) mass is 308 g/mol. The first-order chi connectivity index (χ1) is 8.34. The highest BCUT2D eigenvalue weighted by Gasteiger charge is 2.21. The molecule has 0 spiro atoms. The molecule has 0 saturated carbocycles. The van der Waals surface area contributed by atoms with Crippen molar-refractivity contribution in [1.29, 1.82) is 0 Å². The Labute approximate surface area is 124 Å². The largest absolute Gasteiger partial charge is 0.349 e. The average molecular weight is 309 g/mol. The van der Waals surface area contributed by atoms with Gasteiger partial charge in [0, 0.05) is 22.5 Å². The Morgan fingerprint density at radius 1 is 1.37 bits per heavy atom. The van der Waals surface area contributed by atoms with Crippen molar-refractivity contribution in [3.05, 3.63) is 34.6 Å². The SMILES string of the molecule is CC(NC(=O)C(C)C(C)N)c1c(F)cccc1Cl.Cl. The van der Waals surface area contributed by atoms with Crippen LogP contribution in [-0.2, 0) is 4.79 Å². The van der Waals surface area contributed by atoms with Gasteiger partial charge in [0.1, 0.15) is 5.82 Å². The molecule has 0 saturated heterocycles. The van der Waals surface area contributed by atoms with E-state index >= 15 is 0 Å². The van der Waals surface area contributed by atoms with Crippen molar-refractivity contribution in [3.63, 3.8) is 0 Å². The summed E-state index contributed by atoms with van der Waals surface area (Å²) in [5, 5.41) is 3.02. The highest BCUT2D eigenvalue weighted by atomic mass is 35.5. The van der Waals surface area contributed by atoms with E-state index < -0.39 is 11.9 Å². The summed E-state index contributed by atoms with van der Waals surface area (Å²) in [6.45, 7) is 5.18. The maximum atomic E-state index is 13.7. The summed E-state index contributed by atoms with van der Waals surface area (Å²) >= 11 is 5.93. The zero-order valence-corrected chi connectivity index (χ0v) is 12.7. The molecule has 0 heterocycles. The van der Waals surface area contributed by atoms with E-state index in [1.54, 1.807) is 26.8 Å². The Kier molecular flexibility index (Phi) is 7.34. The van der Waals surface area contributed by atoms with Crippen LogP contribution >= 0.6 is 24.0 Å². The molecule has 0 bridgehead atoms. The zero-order chi connectivity index (χ0) is 13.9. The Morgan fingerprint density at radius 2 is 1.95 bits per heavy atom. The van der Waals surface area contributed by atoms with Crippen LogP contribution in [0, 0.1) is 11.7 Å². The fraction of sp³-hybridized carbons (Fsp3) is 0.462. The van der Waals surface area contributed by atoms with Gasteiger partial charge < -0.3 is 11.1 Å². The van der Waals surface area contributed by atoms with E-state index in [4.69, 9.17) is 17.3 Å². The summed E-state index contributed by atoms with van der Waals surface area (Å²) < 4.78 is 13.7. The second-order valence-electron chi connectivity index (χ2n) is 4.51. The third-order valence-corrected chi connectivity index (χ3v) is 3.32. The Balaban J connectivity index is 0.00000324. The fourth-order valence-corrected chi connectivity index (χ4v) is 1.91. The van der Waals surface area contributed by atoms with Crippen molar-refractivity contribution in [2.75, 3.05) is 0 Å². The van der Waals surface area contributed by atoms with E-state index in [0.29, 0.717) is 10.6 Å². The normalized spacial score (nSPS) is 15.1. The van der Waals surface area contributed by atoms with Crippen molar-refractivity contribution in [3.8, 4) is 0 Å². The predicted molar refractivity (Wildman–Crippen MR) is 78.0 cm³/mol. The van der Waals surface area contributed by atoms with Gasteiger partial charge in [0.25, 0.3) is 0 Å². The van der Waals surface area contributed by atoms with Gasteiger partial charge in [0.05, 0.1) is 6.04 Å². The molecule has 0 aromatic heterocycles. The highest BCUT2D eigenvalue weighted by Crippen LogP contribution is 2.25. The van der Waals surface area contributed by atoms with Gasteiger partial charge in [0.2, 0.25) is 5.91 Å². The first kappa shape index (κ1) is 18.2. The van der Waals surface area contributed by atoms with Gasteiger partial charge in [-0.3, -0.25) is 4.79 Å². The number of carbonyl (C=O) groups is 1. The number of halogens is 3. The lowest BCUT2D eigenvalue weighted by atomic mass is 10.0. The van der Waals surface area contributed by atoms with Gasteiger partial charge in [-0.15, -0.1) is 12.4 Å². The highest BCUT2D eigenvalue weighted by molar-refractivity contribution is 6.31. The molecule has 108 valence electrons. The van der Waals surface area contributed by atoms with Crippen LogP contribution in [0.2, 0.25) is 5.02 Å². The molecule has 1 aromatic rings. The number of amides is 1. The van der Waals surface area contributed by atoms with Gasteiger partial charge in [0.15, 0.2) is 0 Å². The van der Waals surface area contributed by atoms with E-state index in [2.05, 4.69) is 5.32 Å². The number of hydrogen-bond donors (Lipinski definition) is 2. The predicted octanol–water partition coefficient (Wildman–Crippen LogP) is 3.06. The van der Waals surface area contributed by atoms with Crippen LogP contribution in [0.1, 0.15) is 32.4 Å².